The summed E-state index contributed by atoms with van der Waals surface area (Å²) in [6.07, 6.45) is 12.7. The van der Waals surface area contributed by atoms with Gasteiger partial charge >= 0.3 is 0 Å². The van der Waals surface area contributed by atoms with Crippen molar-refractivity contribution in [2.75, 3.05) is 0 Å². The van der Waals surface area contributed by atoms with Crippen molar-refractivity contribution in [3.63, 3.8) is 0 Å². The van der Waals surface area contributed by atoms with Crippen LogP contribution in [0.15, 0.2) is 0 Å². The molecule has 1 heteroatoms. The molecular formula is C16H30O. The van der Waals surface area contributed by atoms with E-state index in [0.717, 1.165) is 37.0 Å². The van der Waals surface area contributed by atoms with Crippen molar-refractivity contribution in [2.45, 2.75) is 83.7 Å². The Morgan fingerprint density at radius 2 is 1.82 bits per heavy atom. The van der Waals surface area contributed by atoms with Crippen molar-refractivity contribution >= 4 is 0 Å². The maximum Gasteiger partial charge on any atom is 0.0650 e. The lowest BCUT2D eigenvalue weighted by Gasteiger charge is -2.39. The van der Waals surface area contributed by atoms with Crippen LogP contribution >= 0.6 is 0 Å². The Kier molecular flexibility index (Phi) is 4.52. The van der Waals surface area contributed by atoms with Crippen molar-refractivity contribution in [1.82, 2.24) is 0 Å². The lowest BCUT2D eigenvalue weighted by Crippen LogP contribution is -2.37. The molecule has 2 atom stereocenters. The lowest BCUT2D eigenvalue weighted by molar-refractivity contribution is -0.0352. The van der Waals surface area contributed by atoms with E-state index in [1.807, 2.05) is 0 Å². The molecule has 0 amide bonds. The van der Waals surface area contributed by atoms with Gasteiger partial charge in [0.05, 0.1) is 5.60 Å². The van der Waals surface area contributed by atoms with Crippen LogP contribution in [0.5, 0.6) is 0 Å². The summed E-state index contributed by atoms with van der Waals surface area (Å²) in [5.74, 6) is 2.43. The predicted molar refractivity (Wildman–Crippen MR) is 72.9 cm³/mol. The summed E-state index contributed by atoms with van der Waals surface area (Å²) in [5, 5.41) is 10.8. The molecule has 0 bridgehead atoms. The standard InChI is InChI=1S/C16H30O/c1-13(2)15-8-5-10-16(17,12-15)11-9-14-6-3-4-7-14/h13-15,17H,3-12H2,1-2H3. The minimum absolute atomic E-state index is 0.310. The van der Waals surface area contributed by atoms with Gasteiger partial charge in [0.25, 0.3) is 0 Å². The van der Waals surface area contributed by atoms with Gasteiger partial charge in [0.1, 0.15) is 0 Å². The molecule has 0 spiro atoms. The lowest BCUT2D eigenvalue weighted by atomic mass is 9.71. The van der Waals surface area contributed by atoms with Gasteiger partial charge in [-0.05, 0) is 49.9 Å². The van der Waals surface area contributed by atoms with Gasteiger partial charge in [-0.3, -0.25) is 0 Å². The first-order chi connectivity index (χ1) is 8.09. The van der Waals surface area contributed by atoms with E-state index in [4.69, 9.17) is 0 Å². The quantitative estimate of drug-likeness (QED) is 0.762. The van der Waals surface area contributed by atoms with E-state index in [9.17, 15) is 5.11 Å². The van der Waals surface area contributed by atoms with Crippen LogP contribution in [-0.2, 0) is 0 Å². The molecule has 2 rings (SSSR count). The van der Waals surface area contributed by atoms with E-state index in [1.165, 1.54) is 44.9 Å². The second kappa shape index (κ2) is 5.73. The van der Waals surface area contributed by atoms with Crippen LogP contribution < -0.4 is 0 Å². The molecule has 0 radical (unpaired) electrons. The van der Waals surface area contributed by atoms with Crippen LogP contribution in [0.4, 0.5) is 0 Å². The van der Waals surface area contributed by atoms with Gasteiger partial charge in [-0.15, -0.1) is 0 Å². The molecule has 1 nitrogen and oxygen atoms in total. The molecule has 1 N–H and O–H groups in total. The van der Waals surface area contributed by atoms with Gasteiger partial charge in [0, 0.05) is 0 Å². The van der Waals surface area contributed by atoms with E-state index >= 15 is 0 Å². The van der Waals surface area contributed by atoms with Gasteiger partial charge in [-0.1, -0.05) is 46.0 Å². The number of aliphatic hydroxyl groups is 1. The molecule has 2 aliphatic rings. The minimum atomic E-state index is -0.310. The Labute approximate surface area is 107 Å². The van der Waals surface area contributed by atoms with E-state index < -0.39 is 0 Å². The Bertz CT molecular complexity index is 230. The summed E-state index contributed by atoms with van der Waals surface area (Å²) in [5.41, 5.74) is -0.310. The minimum Gasteiger partial charge on any atom is -0.390 e. The van der Waals surface area contributed by atoms with Crippen molar-refractivity contribution in [2.24, 2.45) is 17.8 Å². The van der Waals surface area contributed by atoms with E-state index in [2.05, 4.69) is 13.8 Å². The summed E-state index contributed by atoms with van der Waals surface area (Å²) >= 11 is 0. The highest BCUT2D eigenvalue weighted by Gasteiger charge is 2.35. The van der Waals surface area contributed by atoms with E-state index in [0.29, 0.717) is 0 Å². The number of rotatable bonds is 4. The fraction of sp³-hybridized carbons (Fsp3) is 1.00. The van der Waals surface area contributed by atoms with Crippen LogP contribution in [0.2, 0.25) is 0 Å². The largest absolute Gasteiger partial charge is 0.390 e. The first kappa shape index (κ1) is 13.4. The highest BCUT2D eigenvalue weighted by Crippen LogP contribution is 2.40. The van der Waals surface area contributed by atoms with Gasteiger partial charge < -0.3 is 5.11 Å². The van der Waals surface area contributed by atoms with Crippen molar-refractivity contribution in [3.8, 4) is 0 Å². The van der Waals surface area contributed by atoms with Gasteiger partial charge in [0.2, 0.25) is 0 Å². The van der Waals surface area contributed by atoms with Crippen LogP contribution in [0.3, 0.4) is 0 Å². The summed E-state index contributed by atoms with van der Waals surface area (Å²) in [6, 6.07) is 0. The van der Waals surface area contributed by atoms with Crippen LogP contribution in [-0.4, -0.2) is 10.7 Å². The molecule has 2 saturated carbocycles. The van der Waals surface area contributed by atoms with Crippen molar-refractivity contribution in [1.29, 1.82) is 0 Å². The summed E-state index contributed by atoms with van der Waals surface area (Å²) < 4.78 is 0. The highest BCUT2D eigenvalue weighted by atomic mass is 16.3. The smallest absolute Gasteiger partial charge is 0.0650 e. The molecule has 2 fully saturated rings. The monoisotopic (exact) mass is 238 g/mol. The molecule has 0 saturated heterocycles. The molecule has 0 aromatic heterocycles. The molecule has 0 heterocycles. The van der Waals surface area contributed by atoms with Crippen molar-refractivity contribution < 1.29 is 5.11 Å². The third-order valence-corrected chi connectivity index (χ3v) is 5.29. The molecule has 2 unspecified atom stereocenters. The Balaban J connectivity index is 1.80. The predicted octanol–water partition coefficient (Wildman–Crippen LogP) is 4.53. The second-order valence-electron chi connectivity index (χ2n) is 7.01. The molecule has 17 heavy (non-hydrogen) atoms. The summed E-state index contributed by atoms with van der Waals surface area (Å²) in [6.45, 7) is 4.63. The molecule has 0 aromatic carbocycles. The molecule has 0 aliphatic heterocycles. The van der Waals surface area contributed by atoms with Crippen LogP contribution in [0.25, 0.3) is 0 Å². The van der Waals surface area contributed by atoms with Gasteiger partial charge in [-0.25, -0.2) is 0 Å². The third kappa shape index (κ3) is 3.71. The zero-order valence-electron chi connectivity index (χ0n) is 11.8. The molecular weight excluding hydrogens is 208 g/mol. The highest BCUT2D eigenvalue weighted by molar-refractivity contribution is 4.88. The second-order valence-corrected chi connectivity index (χ2v) is 7.01. The average molecular weight is 238 g/mol. The van der Waals surface area contributed by atoms with Crippen molar-refractivity contribution in [3.05, 3.63) is 0 Å². The Morgan fingerprint density at radius 1 is 1.12 bits per heavy atom. The summed E-state index contributed by atoms with van der Waals surface area (Å²) in [7, 11) is 0. The Hall–Kier alpha value is -0.0400. The SMILES string of the molecule is CC(C)C1CCCC(O)(CCC2CCCC2)C1. The fourth-order valence-electron chi connectivity index (χ4n) is 3.95. The maximum absolute atomic E-state index is 10.8. The number of hydrogen-bond acceptors (Lipinski definition) is 1. The summed E-state index contributed by atoms with van der Waals surface area (Å²) in [4.78, 5) is 0. The zero-order chi connectivity index (χ0) is 12.3. The third-order valence-electron chi connectivity index (χ3n) is 5.29. The molecule has 0 aromatic rings. The van der Waals surface area contributed by atoms with E-state index in [-0.39, 0.29) is 5.60 Å². The first-order valence-electron chi connectivity index (χ1n) is 7.81. The first-order valence-corrected chi connectivity index (χ1v) is 7.81. The van der Waals surface area contributed by atoms with E-state index in [1.54, 1.807) is 0 Å². The topological polar surface area (TPSA) is 20.2 Å². The fourth-order valence-corrected chi connectivity index (χ4v) is 3.95. The number of hydrogen-bond donors (Lipinski definition) is 1. The van der Waals surface area contributed by atoms with Gasteiger partial charge in [-0.2, -0.15) is 0 Å². The van der Waals surface area contributed by atoms with Crippen LogP contribution in [0.1, 0.15) is 78.1 Å². The van der Waals surface area contributed by atoms with Gasteiger partial charge in [0.15, 0.2) is 0 Å². The maximum atomic E-state index is 10.8. The Morgan fingerprint density at radius 3 is 2.47 bits per heavy atom. The molecule has 100 valence electrons. The van der Waals surface area contributed by atoms with Crippen LogP contribution in [0, 0.1) is 17.8 Å². The zero-order valence-corrected chi connectivity index (χ0v) is 11.8. The normalized spacial score (nSPS) is 35.6. The average Bonchev–Trinajstić information content (AvgIpc) is 2.79. The molecule has 2 aliphatic carbocycles.